The average Bonchev–Trinajstić information content (AvgIpc) is 2.34. The number of rotatable bonds is 4. The van der Waals surface area contributed by atoms with Gasteiger partial charge in [0.2, 0.25) is 5.78 Å². The van der Waals surface area contributed by atoms with E-state index in [9.17, 15) is 14.9 Å². The average molecular weight is 325 g/mol. The minimum Gasteiger partial charge on any atom is -0.496 e. The topological polar surface area (TPSA) is 69.4 Å². The molecule has 0 saturated carbocycles. The lowest BCUT2D eigenvalue weighted by molar-refractivity contribution is -0.384. The number of benzene rings is 1. The van der Waals surface area contributed by atoms with Gasteiger partial charge in [-0.1, -0.05) is 34.8 Å². The smallest absolute Gasteiger partial charge is 0.269 e. The molecule has 0 amide bonds. The third kappa shape index (κ3) is 4.38. The molecule has 102 valence electrons. The van der Waals surface area contributed by atoms with E-state index in [4.69, 9.17) is 39.5 Å². The molecular formula is C11H8Cl3NO4. The standard InChI is InChI=1S/C11H8Cl3NO4/c1-19-9(6-10(16)11(12,13)14)7-2-4-8(5-3-7)15(17)18/h2-6H,1H3/b9-6-. The predicted octanol–water partition coefficient (Wildman–Crippen LogP) is 3.52. The zero-order chi connectivity index (χ0) is 14.6. The summed E-state index contributed by atoms with van der Waals surface area (Å²) in [7, 11) is 1.33. The Balaban J connectivity index is 3.07. The molecule has 1 rings (SSSR count). The number of allylic oxidation sites excluding steroid dienone is 1. The van der Waals surface area contributed by atoms with Crippen LogP contribution in [-0.4, -0.2) is 21.6 Å². The first-order valence-electron chi connectivity index (χ1n) is 4.87. The molecule has 0 unspecified atom stereocenters. The predicted molar refractivity (Wildman–Crippen MR) is 73.4 cm³/mol. The number of ether oxygens (including phenoxy) is 1. The van der Waals surface area contributed by atoms with E-state index >= 15 is 0 Å². The molecule has 0 aliphatic carbocycles. The van der Waals surface area contributed by atoms with Crippen LogP contribution in [0.4, 0.5) is 5.69 Å². The highest BCUT2D eigenvalue weighted by molar-refractivity contribution is 6.77. The first kappa shape index (κ1) is 15.8. The number of halogens is 3. The van der Waals surface area contributed by atoms with Gasteiger partial charge < -0.3 is 4.74 Å². The maximum absolute atomic E-state index is 11.5. The number of carbonyl (C=O) groups excluding carboxylic acids is 1. The maximum Gasteiger partial charge on any atom is 0.269 e. The van der Waals surface area contributed by atoms with Gasteiger partial charge >= 0.3 is 0 Å². The number of methoxy groups -OCH3 is 1. The first-order chi connectivity index (χ1) is 8.75. The van der Waals surface area contributed by atoms with Crippen molar-refractivity contribution in [1.29, 1.82) is 0 Å². The van der Waals surface area contributed by atoms with Crippen LogP contribution in [0.3, 0.4) is 0 Å². The van der Waals surface area contributed by atoms with E-state index in [1.165, 1.54) is 31.4 Å². The second kappa shape index (κ2) is 6.23. The van der Waals surface area contributed by atoms with Crippen LogP contribution in [0.5, 0.6) is 0 Å². The Morgan fingerprint density at radius 2 is 1.84 bits per heavy atom. The first-order valence-corrected chi connectivity index (χ1v) is 6.00. The molecule has 1 aromatic rings. The molecule has 0 spiro atoms. The number of nitro groups is 1. The highest BCUT2D eigenvalue weighted by Gasteiger charge is 2.29. The van der Waals surface area contributed by atoms with E-state index in [2.05, 4.69) is 0 Å². The number of carbonyl (C=O) groups is 1. The third-order valence-corrected chi connectivity index (χ3v) is 2.68. The minimum absolute atomic E-state index is 0.0769. The Morgan fingerprint density at radius 1 is 1.32 bits per heavy atom. The molecule has 0 atom stereocenters. The fourth-order valence-corrected chi connectivity index (χ4v) is 1.37. The summed E-state index contributed by atoms with van der Waals surface area (Å²) < 4.78 is 2.92. The Labute approximate surface area is 123 Å². The quantitative estimate of drug-likeness (QED) is 0.279. The zero-order valence-electron chi connectivity index (χ0n) is 9.60. The van der Waals surface area contributed by atoms with Crippen LogP contribution in [0.2, 0.25) is 0 Å². The third-order valence-electron chi connectivity index (χ3n) is 2.12. The molecule has 0 bridgehead atoms. The molecule has 0 saturated heterocycles. The van der Waals surface area contributed by atoms with E-state index in [-0.39, 0.29) is 11.4 Å². The van der Waals surface area contributed by atoms with Crippen LogP contribution in [0.1, 0.15) is 5.56 Å². The van der Waals surface area contributed by atoms with E-state index in [1.807, 2.05) is 0 Å². The molecule has 0 aliphatic heterocycles. The lowest BCUT2D eigenvalue weighted by atomic mass is 10.1. The highest BCUT2D eigenvalue weighted by Crippen LogP contribution is 2.29. The van der Waals surface area contributed by atoms with Gasteiger partial charge in [-0.3, -0.25) is 14.9 Å². The van der Waals surface area contributed by atoms with Crippen LogP contribution in [0.25, 0.3) is 5.76 Å². The normalized spacial score (nSPS) is 12.1. The zero-order valence-corrected chi connectivity index (χ0v) is 11.9. The van der Waals surface area contributed by atoms with Crippen LogP contribution in [0.15, 0.2) is 30.3 Å². The fraction of sp³-hybridized carbons (Fsp3) is 0.182. The van der Waals surface area contributed by atoms with Crippen molar-refractivity contribution in [3.63, 3.8) is 0 Å². The fourth-order valence-electron chi connectivity index (χ4n) is 1.21. The Bertz CT molecular complexity index is 520. The van der Waals surface area contributed by atoms with Gasteiger partial charge in [0.1, 0.15) is 5.76 Å². The highest BCUT2D eigenvalue weighted by atomic mass is 35.6. The summed E-state index contributed by atoms with van der Waals surface area (Å²) in [6.45, 7) is 0. The number of nitrogens with zero attached hydrogens (tertiary/aromatic N) is 1. The van der Waals surface area contributed by atoms with Crippen molar-refractivity contribution in [3.05, 3.63) is 46.0 Å². The second-order valence-electron chi connectivity index (χ2n) is 3.38. The van der Waals surface area contributed by atoms with Gasteiger partial charge in [0.15, 0.2) is 0 Å². The summed E-state index contributed by atoms with van der Waals surface area (Å²) in [5, 5.41) is 10.5. The number of non-ortho nitro benzene ring substituents is 1. The van der Waals surface area contributed by atoms with Gasteiger partial charge in [-0.25, -0.2) is 0 Å². The summed E-state index contributed by atoms with van der Waals surface area (Å²) in [5.74, 6) is -0.626. The summed E-state index contributed by atoms with van der Waals surface area (Å²) in [4.78, 5) is 21.5. The molecule has 19 heavy (non-hydrogen) atoms. The maximum atomic E-state index is 11.5. The van der Waals surface area contributed by atoms with E-state index in [0.29, 0.717) is 5.56 Å². The number of hydrogen-bond donors (Lipinski definition) is 0. The van der Waals surface area contributed by atoms with E-state index in [1.54, 1.807) is 0 Å². The van der Waals surface area contributed by atoms with Crippen molar-refractivity contribution in [2.24, 2.45) is 0 Å². The summed E-state index contributed by atoms with van der Waals surface area (Å²) in [5.41, 5.74) is 0.377. The van der Waals surface area contributed by atoms with Crippen molar-refractivity contribution in [1.82, 2.24) is 0 Å². The van der Waals surface area contributed by atoms with Crippen LogP contribution in [-0.2, 0) is 9.53 Å². The molecule has 0 aliphatic rings. The van der Waals surface area contributed by atoms with Crippen molar-refractivity contribution < 1.29 is 14.5 Å². The Kier molecular flexibility index (Phi) is 5.17. The molecule has 0 fully saturated rings. The Morgan fingerprint density at radius 3 is 2.21 bits per heavy atom. The van der Waals surface area contributed by atoms with E-state index in [0.717, 1.165) is 6.08 Å². The molecule has 1 aromatic carbocycles. The monoisotopic (exact) mass is 323 g/mol. The van der Waals surface area contributed by atoms with Gasteiger partial charge in [0.25, 0.3) is 9.48 Å². The van der Waals surface area contributed by atoms with Gasteiger partial charge in [-0.2, -0.15) is 0 Å². The van der Waals surface area contributed by atoms with Crippen molar-refractivity contribution in [2.75, 3.05) is 7.11 Å². The van der Waals surface area contributed by atoms with Crippen LogP contribution >= 0.6 is 34.8 Å². The summed E-state index contributed by atoms with van der Waals surface area (Å²) in [6.07, 6.45) is 1.02. The number of ketones is 1. The van der Waals surface area contributed by atoms with Crippen molar-refractivity contribution in [3.8, 4) is 0 Å². The second-order valence-corrected chi connectivity index (χ2v) is 5.66. The molecule has 8 heteroatoms. The van der Waals surface area contributed by atoms with Gasteiger partial charge in [-0.05, 0) is 12.1 Å². The summed E-state index contributed by atoms with van der Waals surface area (Å²) >= 11 is 16.3. The van der Waals surface area contributed by atoms with Crippen LogP contribution in [0, 0.1) is 10.1 Å². The lowest BCUT2D eigenvalue weighted by Crippen LogP contribution is -2.16. The molecule has 0 aromatic heterocycles. The number of alkyl halides is 3. The molecular weight excluding hydrogens is 316 g/mol. The molecule has 0 heterocycles. The molecule has 0 radical (unpaired) electrons. The Hall–Kier alpha value is -1.30. The van der Waals surface area contributed by atoms with Crippen molar-refractivity contribution >= 4 is 52.0 Å². The van der Waals surface area contributed by atoms with Gasteiger partial charge in [0, 0.05) is 23.8 Å². The minimum atomic E-state index is -2.08. The number of hydrogen-bond acceptors (Lipinski definition) is 4. The largest absolute Gasteiger partial charge is 0.496 e. The molecule has 0 N–H and O–H groups in total. The van der Waals surface area contributed by atoms with Crippen LogP contribution < -0.4 is 0 Å². The number of nitro benzene ring substituents is 1. The SMILES string of the molecule is CO/C(=C\C(=O)C(Cl)(Cl)Cl)c1ccc([N+](=O)[O-])cc1. The van der Waals surface area contributed by atoms with Gasteiger partial charge in [-0.15, -0.1) is 0 Å². The summed E-state index contributed by atoms with van der Waals surface area (Å²) in [6, 6.07) is 5.42. The van der Waals surface area contributed by atoms with Gasteiger partial charge in [0.05, 0.1) is 12.0 Å². The van der Waals surface area contributed by atoms with Crippen molar-refractivity contribution in [2.45, 2.75) is 3.79 Å². The van der Waals surface area contributed by atoms with E-state index < -0.39 is 14.5 Å². The lowest BCUT2D eigenvalue weighted by Gasteiger charge is -2.09. The molecule has 5 nitrogen and oxygen atoms in total.